The number of nitrogens with two attached hydrogens (primary N) is 1. The van der Waals surface area contributed by atoms with Crippen LogP contribution >= 0.6 is 0 Å². The first-order valence-corrected chi connectivity index (χ1v) is 7.58. The van der Waals surface area contributed by atoms with E-state index in [-0.39, 0.29) is 11.9 Å². The summed E-state index contributed by atoms with van der Waals surface area (Å²) in [6, 6.07) is 7.41. The van der Waals surface area contributed by atoms with E-state index in [1.165, 1.54) is 6.39 Å². The lowest BCUT2D eigenvalue weighted by molar-refractivity contribution is 0.0532. The Hall–Kier alpha value is -2.21. The van der Waals surface area contributed by atoms with Gasteiger partial charge in [0.1, 0.15) is 0 Å². The molecule has 2 N–H and O–H groups in total. The van der Waals surface area contributed by atoms with Crippen molar-refractivity contribution < 1.29 is 9.32 Å². The molecule has 2 atom stereocenters. The van der Waals surface area contributed by atoms with Crippen molar-refractivity contribution in [1.29, 1.82) is 0 Å². The number of amides is 1. The van der Waals surface area contributed by atoms with Crippen LogP contribution in [0.4, 0.5) is 0 Å². The van der Waals surface area contributed by atoms with E-state index < -0.39 is 0 Å². The summed E-state index contributed by atoms with van der Waals surface area (Å²) in [5, 5.41) is 3.79. The molecule has 0 spiro atoms. The third-order valence-corrected chi connectivity index (χ3v) is 4.37. The van der Waals surface area contributed by atoms with Gasteiger partial charge in [-0.15, -0.1) is 0 Å². The van der Waals surface area contributed by atoms with Crippen molar-refractivity contribution in [2.75, 3.05) is 13.1 Å². The maximum absolute atomic E-state index is 12.7. The average molecular weight is 300 g/mol. The zero-order valence-corrected chi connectivity index (χ0v) is 12.6. The van der Waals surface area contributed by atoms with E-state index in [9.17, 15) is 4.79 Å². The predicted octanol–water partition coefficient (Wildman–Crippen LogP) is 1.94. The van der Waals surface area contributed by atoms with E-state index in [0.29, 0.717) is 23.9 Å². The van der Waals surface area contributed by atoms with Gasteiger partial charge in [-0.3, -0.25) is 4.79 Å². The van der Waals surface area contributed by atoms with Gasteiger partial charge in [0.15, 0.2) is 0 Å². The van der Waals surface area contributed by atoms with Crippen molar-refractivity contribution >= 4 is 5.91 Å². The van der Waals surface area contributed by atoms with E-state index >= 15 is 0 Å². The van der Waals surface area contributed by atoms with E-state index in [4.69, 9.17) is 10.3 Å². The van der Waals surface area contributed by atoms with Crippen LogP contribution in [0.3, 0.4) is 0 Å². The lowest BCUT2D eigenvalue weighted by Gasteiger charge is -2.39. The van der Waals surface area contributed by atoms with Gasteiger partial charge in [-0.05, 0) is 30.9 Å². The van der Waals surface area contributed by atoms with Crippen molar-refractivity contribution in [3.05, 3.63) is 36.2 Å². The number of carbonyl (C=O) groups excluding carboxylic acids is 1. The number of aromatic nitrogens is 2. The number of hydrogen-bond donors (Lipinski definition) is 1. The van der Waals surface area contributed by atoms with Gasteiger partial charge in [-0.2, -0.15) is 4.98 Å². The van der Waals surface area contributed by atoms with Gasteiger partial charge in [-0.25, -0.2) is 0 Å². The SMILES string of the molecule is CC1CCCN(C(=O)c2ccc(-c3ncon3)cc2)C1CN. The van der Waals surface area contributed by atoms with Crippen molar-refractivity contribution in [3.8, 4) is 11.4 Å². The van der Waals surface area contributed by atoms with Crippen LogP contribution in [0.25, 0.3) is 11.4 Å². The van der Waals surface area contributed by atoms with Gasteiger partial charge in [0.25, 0.3) is 5.91 Å². The third-order valence-electron chi connectivity index (χ3n) is 4.37. The number of carbonyl (C=O) groups is 1. The van der Waals surface area contributed by atoms with E-state index in [1.807, 2.05) is 17.0 Å². The largest absolute Gasteiger partial charge is 0.342 e. The predicted molar refractivity (Wildman–Crippen MR) is 82.0 cm³/mol. The van der Waals surface area contributed by atoms with Crippen LogP contribution in [0.15, 0.2) is 35.2 Å². The second-order valence-electron chi connectivity index (χ2n) is 5.75. The van der Waals surface area contributed by atoms with Gasteiger partial charge < -0.3 is 15.2 Å². The van der Waals surface area contributed by atoms with Crippen LogP contribution in [0.1, 0.15) is 30.1 Å². The number of likely N-dealkylation sites (tertiary alicyclic amines) is 1. The molecule has 1 amide bonds. The molecule has 0 saturated carbocycles. The summed E-state index contributed by atoms with van der Waals surface area (Å²) in [7, 11) is 0. The fraction of sp³-hybridized carbons (Fsp3) is 0.438. The van der Waals surface area contributed by atoms with Crippen LogP contribution in [0.2, 0.25) is 0 Å². The molecule has 2 aromatic rings. The molecule has 0 bridgehead atoms. The molecular weight excluding hydrogens is 280 g/mol. The highest BCUT2D eigenvalue weighted by atomic mass is 16.5. The minimum absolute atomic E-state index is 0.0432. The maximum atomic E-state index is 12.7. The first-order valence-electron chi connectivity index (χ1n) is 7.58. The lowest BCUT2D eigenvalue weighted by Crippen LogP contribution is -2.51. The molecule has 2 heterocycles. The minimum Gasteiger partial charge on any atom is -0.342 e. The standard InChI is InChI=1S/C16H20N4O2/c1-11-3-2-8-20(14(11)9-17)16(21)13-6-4-12(5-7-13)15-18-10-22-19-15/h4-7,10-11,14H,2-3,8-9,17H2,1H3. The molecule has 1 aromatic heterocycles. The Morgan fingerprint density at radius 2 is 2.18 bits per heavy atom. The van der Waals surface area contributed by atoms with Gasteiger partial charge >= 0.3 is 0 Å². The van der Waals surface area contributed by atoms with E-state index in [0.717, 1.165) is 24.9 Å². The van der Waals surface area contributed by atoms with Gasteiger partial charge in [-0.1, -0.05) is 24.2 Å². The molecule has 1 aliphatic rings. The summed E-state index contributed by atoms with van der Waals surface area (Å²) >= 11 is 0. The van der Waals surface area contributed by atoms with Crippen LogP contribution in [-0.2, 0) is 0 Å². The maximum Gasteiger partial charge on any atom is 0.254 e. The van der Waals surface area contributed by atoms with Crippen molar-refractivity contribution in [3.63, 3.8) is 0 Å². The van der Waals surface area contributed by atoms with Gasteiger partial charge in [0.05, 0.1) is 0 Å². The van der Waals surface area contributed by atoms with Gasteiger partial charge in [0.2, 0.25) is 12.2 Å². The van der Waals surface area contributed by atoms with E-state index in [1.54, 1.807) is 12.1 Å². The summed E-state index contributed by atoms with van der Waals surface area (Å²) < 4.78 is 4.73. The highest BCUT2D eigenvalue weighted by Crippen LogP contribution is 2.25. The van der Waals surface area contributed by atoms with Crippen LogP contribution in [-0.4, -0.2) is 40.1 Å². The Kier molecular flexibility index (Phi) is 4.20. The molecule has 1 aliphatic heterocycles. The summed E-state index contributed by atoms with van der Waals surface area (Å²) in [6.45, 7) is 3.45. The fourth-order valence-corrected chi connectivity index (χ4v) is 3.09. The number of nitrogens with zero attached hydrogens (tertiary/aromatic N) is 3. The summed E-state index contributed by atoms with van der Waals surface area (Å²) in [4.78, 5) is 18.6. The molecule has 116 valence electrons. The number of piperidine rings is 1. The summed E-state index contributed by atoms with van der Waals surface area (Å²) in [5.41, 5.74) is 7.36. The molecule has 6 heteroatoms. The molecule has 3 rings (SSSR count). The minimum atomic E-state index is 0.0432. The first kappa shape index (κ1) is 14.7. The third kappa shape index (κ3) is 2.74. The normalized spacial score (nSPS) is 21.8. The topological polar surface area (TPSA) is 85.2 Å². The Balaban J connectivity index is 1.79. The number of hydrogen-bond acceptors (Lipinski definition) is 5. The smallest absolute Gasteiger partial charge is 0.254 e. The Labute approximate surface area is 129 Å². The van der Waals surface area contributed by atoms with Crippen molar-refractivity contribution in [1.82, 2.24) is 15.0 Å². The molecule has 22 heavy (non-hydrogen) atoms. The molecule has 1 aromatic carbocycles. The molecule has 1 saturated heterocycles. The highest BCUT2D eigenvalue weighted by Gasteiger charge is 2.31. The quantitative estimate of drug-likeness (QED) is 0.936. The van der Waals surface area contributed by atoms with Crippen LogP contribution in [0, 0.1) is 5.92 Å². The monoisotopic (exact) mass is 300 g/mol. The van der Waals surface area contributed by atoms with Crippen molar-refractivity contribution in [2.24, 2.45) is 11.7 Å². The molecule has 0 aliphatic carbocycles. The first-order chi connectivity index (χ1) is 10.7. The zero-order chi connectivity index (χ0) is 15.5. The van der Waals surface area contributed by atoms with E-state index in [2.05, 4.69) is 17.1 Å². The number of rotatable bonds is 3. The van der Waals surface area contributed by atoms with Crippen molar-refractivity contribution in [2.45, 2.75) is 25.8 Å². The average Bonchev–Trinajstić information content (AvgIpc) is 3.08. The highest BCUT2D eigenvalue weighted by molar-refractivity contribution is 5.95. The zero-order valence-electron chi connectivity index (χ0n) is 12.6. The molecular formula is C16H20N4O2. The second-order valence-corrected chi connectivity index (χ2v) is 5.75. The fourth-order valence-electron chi connectivity index (χ4n) is 3.09. The Morgan fingerprint density at radius 1 is 1.41 bits per heavy atom. The molecule has 2 unspecified atom stereocenters. The summed E-state index contributed by atoms with van der Waals surface area (Å²) in [5.74, 6) is 1.01. The van der Waals surface area contributed by atoms with Crippen LogP contribution in [0.5, 0.6) is 0 Å². The summed E-state index contributed by atoms with van der Waals surface area (Å²) in [6.07, 6.45) is 3.45. The molecule has 6 nitrogen and oxygen atoms in total. The van der Waals surface area contributed by atoms with Crippen LogP contribution < -0.4 is 5.73 Å². The Morgan fingerprint density at radius 3 is 2.82 bits per heavy atom. The molecule has 1 fully saturated rings. The molecule has 0 radical (unpaired) electrons. The lowest BCUT2D eigenvalue weighted by atomic mass is 9.90. The van der Waals surface area contributed by atoms with Gasteiger partial charge in [0, 0.05) is 30.3 Å². The Bertz CT molecular complexity index is 624. The second kappa shape index (κ2) is 6.27. The number of benzene rings is 1.